The third kappa shape index (κ3) is 3.82. The molecule has 0 amide bonds. The van der Waals surface area contributed by atoms with Crippen LogP contribution < -0.4 is 0 Å². The summed E-state index contributed by atoms with van der Waals surface area (Å²) in [5.41, 5.74) is 1.56. The number of aromatic nitrogens is 1. The molecule has 0 aromatic carbocycles. The Morgan fingerprint density at radius 1 is 1.47 bits per heavy atom. The lowest BCUT2D eigenvalue weighted by Gasteiger charge is -1.95. The van der Waals surface area contributed by atoms with Gasteiger partial charge in [0.2, 0.25) is 0 Å². The number of pyridine rings is 1. The molecule has 0 atom stereocenters. The van der Waals surface area contributed by atoms with E-state index >= 15 is 0 Å². The number of aryl methyl sites for hydroxylation is 1. The Morgan fingerprint density at radius 2 is 2.27 bits per heavy atom. The molecule has 0 radical (unpaired) electrons. The molecule has 15 heavy (non-hydrogen) atoms. The van der Waals surface area contributed by atoms with Crippen molar-refractivity contribution in [1.29, 1.82) is 0 Å². The van der Waals surface area contributed by atoms with Gasteiger partial charge in [0.15, 0.2) is 0 Å². The second kappa shape index (κ2) is 5.82. The summed E-state index contributed by atoms with van der Waals surface area (Å²) >= 11 is 0. The van der Waals surface area contributed by atoms with Crippen LogP contribution in [0.5, 0.6) is 0 Å². The standard InChI is InChI=1S/C12H13NO2/c1-3-10-6-5-7-11(13-10)8-9-12(14)15-4-2/h5-7H,3-4H2,1-2H3. The van der Waals surface area contributed by atoms with E-state index in [0.717, 1.165) is 12.1 Å². The van der Waals surface area contributed by atoms with Gasteiger partial charge in [0.1, 0.15) is 5.69 Å². The Labute approximate surface area is 89.5 Å². The van der Waals surface area contributed by atoms with Crippen LogP contribution in [0.4, 0.5) is 0 Å². The van der Waals surface area contributed by atoms with Gasteiger partial charge in [-0.05, 0) is 31.4 Å². The molecule has 0 aliphatic carbocycles. The minimum Gasteiger partial charge on any atom is -0.456 e. The molecule has 0 unspecified atom stereocenters. The number of hydrogen-bond acceptors (Lipinski definition) is 3. The Morgan fingerprint density at radius 3 is 2.93 bits per heavy atom. The smallest absolute Gasteiger partial charge is 0.384 e. The SMILES string of the molecule is CCOC(=O)C#Cc1cccc(CC)n1. The fraction of sp³-hybridized carbons (Fsp3) is 0.333. The van der Waals surface area contributed by atoms with Gasteiger partial charge in [-0.15, -0.1) is 0 Å². The van der Waals surface area contributed by atoms with Crippen molar-refractivity contribution in [2.45, 2.75) is 20.3 Å². The number of ether oxygens (including phenoxy) is 1. The summed E-state index contributed by atoms with van der Waals surface area (Å²) in [6.45, 7) is 4.11. The molecule has 0 N–H and O–H groups in total. The highest BCUT2D eigenvalue weighted by molar-refractivity contribution is 5.88. The zero-order valence-electron chi connectivity index (χ0n) is 8.91. The summed E-state index contributed by atoms with van der Waals surface area (Å²) in [4.78, 5) is 15.2. The maximum absolute atomic E-state index is 10.9. The van der Waals surface area contributed by atoms with Crippen molar-refractivity contribution in [1.82, 2.24) is 4.98 Å². The van der Waals surface area contributed by atoms with Crippen LogP contribution in [0.3, 0.4) is 0 Å². The molecule has 0 aliphatic heterocycles. The molecule has 3 heteroatoms. The van der Waals surface area contributed by atoms with Crippen molar-refractivity contribution in [3.05, 3.63) is 29.6 Å². The number of esters is 1. The number of carbonyl (C=O) groups is 1. The van der Waals surface area contributed by atoms with Gasteiger partial charge in [-0.1, -0.05) is 13.0 Å². The first-order valence-electron chi connectivity index (χ1n) is 4.91. The van der Waals surface area contributed by atoms with E-state index in [1.54, 1.807) is 13.0 Å². The van der Waals surface area contributed by atoms with E-state index in [1.807, 2.05) is 19.1 Å². The van der Waals surface area contributed by atoms with Crippen molar-refractivity contribution in [3.63, 3.8) is 0 Å². The summed E-state index contributed by atoms with van der Waals surface area (Å²) in [5.74, 6) is 4.53. The highest BCUT2D eigenvalue weighted by Crippen LogP contribution is 1.98. The fourth-order valence-electron chi connectivity index (χ4n) is 1.03. The lowest BCUT2D eigenvalue weighted by molar-refractivity contribution is -0.136. The van der Waals surface area contributed by atoms with Crippen LogP contribution in [0.1, 0.15) is 25.2 Å². The van der Waals surface area contributed by atoms with Crippen molar-refractivity contribution in [2.24, 2.45) is 0 Å². The highest BCUT2D eigenvalue weighted by atomic mass is 16.5. The van der Waals surface area contributed by atoms with Gasteiger partial charge in [0.25, 0.3) is 0 Å². The fourth-order valence-corrected chi connectivity index (χ4v) is 1.03. The second-order valence-electron chi connectivity index (χ2n) is 2.84. The van der Waals surface area contributed by atoms with E-state index in [1.165, 1.54) is 0 Å². The first kappa shape index (κ1) is 11.3. The van der Waals surface area contributed by atoms with Crippen LogP contribution in [-0.4, -0.2) is 17.6 Å². The summed E-state index contributed by atoms with van der Waals surface area (Å²) in [5, 5.41) is 0. The summed E-state index contributed by atoms with van der Waals surface area (Å²) < 4.78 is 4.68. The van der Waals surface area contributed by atoms with Crippen LogP contribution >= 0.6 is 0 Å². The van der Waals surface area contributed by atoms with Crippen LogP contribution in [0.25, 0.3) is 0 Å². The maximum atomic E-state index is 10.9. The first-order chi connectivity index (χ1) is 7.26. The van der Waals surface area contributed by atoms with Crippen molar-refractivity contribution < 1.29 is 9.53 Å². The quantitative estimate of drug-likeness (QED) is 0.541. The molecule has 0 spiro atoms. The lowest BCUT2D eigenvalue weighted by Crippen LogP contribution is -2.00. The van der Waals surface area contributed by atoms with Gasteiger partial charge >= 0.3 is 5.97 Å². The van der Waals surface area contributed by atoms with Crippen molar-refractivity contribution >= 4 is 5.97 Å². The van der Waals surface area contributed by atoms with Gasteiger partial charge in [-0.2, -0.15) is 0 Å². The Balaban J connectivity index is 2.75. The molecular formula is C12H13NO2. The number of carbonyl (C=O) groups excluding carboxylic acids is 1. The van der Waals surface area contributed by atoms with Crippen LogP contribution in [-0.2, 0) is 16.0 Å². The molecule has 0 aliphatic rings. The third-order valence-corrected chi connectivity index (χ3v) is 1.74. The summed E-state index contributed by atoms with van der Waals surface area (Å²) in [6.07, 6.45) is 0.856. The third-order valence-electron chi connectivity index (χ3n) is 1.74. The minimum atomic E-state index is -0.513. The van der Waals surface area contributed by atoms with E-state index < -0.39 is 5.97 Å². The molecule has 1 heterocycles. The van der Waals surface area contributed by atoms with Crippen molar-refractivity contribution in [2.75, 3.05) is 6.61 Å². The average Bonchev–Trinajstić information content (AvgIpc) is 2.27. The summed E-state index contributed by atoms with van der Waals surface area (Å²) in [6, 6.07) is 5.57. The molecule has 0 saturated heterocycles. The summed E-state index contributed by atoms with van der Waals surface area (Å²) in [7, 11) is 0. The molecule has 0 bridgehead atoms. The first-order valence-corrected chi connectivity index (χ1v) is 4.91. The van der Waals surface area contributed by atoms with E-state index in [9.17, 15) is 4.79 Å². The van der Waals surface area contributed by atoms with Gasteiger partial charge in [0, 0.05) is 11.6 Å². The average molecular weight is 203 g/mol. The van der Waals surface area contributed by atoms with Gasteiger partial charge in [0.05, 0.1) is 6.61 Å². The van der Waals surface area contributed by atoms with Crippen LogP contribution in [0, 0.1) is 11.8 Å². The van der Waals surface area contributed by atoms with E-state index in [0.29, 0.717) is 12.3 Å². The van der Waals surface area contributed by atoms with Crippen molar-refractivity contribution in [3.8, 4) is 11.8 Å². The molecule has 0 fully saturated rings. The Kier molecular flexibility index (Phi) is 4.36. The Hall–Kier alpha value is -1.82. The molecule has 0 saturated carbocycles. The number of nitrogens with zero attached hydrogens (tertiary/aromatic N) is 1. The predicted molar refractivity (Wildman–Crippen MR) is 57.1 cm³/mol. The monoisotopic (exact) mass is 203 g/mol. The van der Waals surface area contributed by atoms with Crippen LogP contribution in [0.2, 0.25) is 0 Å². The van der Waals surface area contributed by atoms with Gasteiger partial charge in [-0.25, -0.2) is 9.78 Å². The topological polar surface area (TPSA) is 39.2 Å². The molecule has 3 nitrogen and oxygen atoms in total. The molecule has 1 rings (SSSR count). The van der Waals surface area contributed by atoms with Gasteiger partial charge < -0.3 is 4.74 Å². The van der Waals surface area contributed by atoms with Crippen LogP contribution in [0.15, 0.2) is 18.2 Å². The zero-order chi connectivity index (χ0) is 11.1. The normalized spacial score (nSPS) is 8.93. The molecule has 1 aromatic rings. The van der Waals surface area contributed by atoms with E-state index in [-0.39, 0.29) is 0 Å². The molecular weight excluding hydrogens is 190 g/mol. The minimum absolute atomic E-state index is 0.343. The molecule has 78 valence electrons. The number of hydrogen-bond donors (Lipinski definition) is 0. The lowest BCUT2D eigenvalue weighted by atomic mass is 10.2. The number of rotatable bonds is 2. The van der Waals surface area contributed by atoms with Gasteiger partial charge in [-0.3, -0.25) is 0 Å². The highest BCUT2D eigenvalue weighted by Gasteiger charge is 1.95. The zero-order valence-corrected chi connectivity index (χ0v) is 8.91. The Bertz CT molecular complexity index is 402. The van der Waals surface area contributed by atoms with E-state index in [4.69, 9.17) is 0 Å². The van der Waals surface area contributed by atoms with E-state index in [2.05, 4.69) is 21.6 Å². The largest absolute Gasteiger partial charge is 0.456 e. The second-order valence-corrected chi connectivity index (χ2v) is 2.84. The molecule has 1 aromatic heterocycles. The maximum Gasteiger partial charge on any atom is 0.384 e. The predicted octanol–water partition coefficient (Wildman–Crippen LogP) is 1.56.